The van der Waals surface area contributed by atoms with Gasteiger partial charge in [0.05, 0.1) is 7.11 Å². The maximum atomic E-state index is 13.6. The molecule has 0 bridgehead atoms. The second-order valence-corrected chi connectivity index (χ2v) is 9.60. The summed E-state index contributed by atoms with van der Waals surface area (Å²) >= 11 is 0. The molecule has 3 aromatic rings. The van der Waals surface area contributed by atoms with Crippen LogP contribution >= 0.6 is 0 Å². The number of nitrogens with zero attached hydrogens (tertiary/aromatic N) is 1. The molecule has 1 aliphatic heterocycles. The minimum Gasteiger partial charge on any atom is -0.497 e. The summed E-state index contributed by atoms with van der Waals surface area (Å²) in [5.41, 5.74) is 3.23. The van der Waals surface area contributed by atoms with Crippen molar-refractivity contribution in [3.8, 4) is 5.75 Å². The minimum atomic E-state index is -0.243. The largest absolute Gasteiger partial charge is 0.497 e. The molecule has 5 rings (SSSR count). The van der Waals surface area contributed by atoms with Crippen LogP contribution in [0.15, 0.2) is 78.0 Å². The number of carbonyl (C=O) groups is 2. The van der Waals surface area contributed by atoms with E-state index in [4.69, 9.17) is 4.74 Å². The van der Waals surface area contributed by atoms with Crippen molar-refractivity contribution < 1.29 is 14.3 Å². The maximum absolute atomic E-state index is 13.6. The average Bonchev–Trinajstić information content (AvgIpc) is 2.77. The Hall–Kier alpha value is -3.40. The van der Waals surface area contributed by atoms with Crippen molar-refractivity contribution in [2.75, 3.05) is 12.0 Å². The first-order valence-electron chi connectivity index (χ1n) is 11.1. The molecule has 0 N–H and O–H groups in total. The van der Waals surface area contributed by atoms with Gasteiger partial charge in [-0.1, -0.05) is 56.3 Å². The molecular formula is C28H27NO3. The summed E-state index contributed by atoms with van der Waals surface area (Å²) in [6, 6.07) is 22.0. The van der Waals surface area contributed by atoms with E-state index in [-0.39, 0.29) is 29.4 Å². The highest BCUT2D eigenvalue weighted by Gasteiger charge is 2.44. The zero-order valence-corrected chi connectivity index (χ0v) is 18.7. The van der Waals surface area contributed by atoms with Crippen LogP contribution in [0.4, 0.5) is 5.69 Å². The van der Waals surface area contributed by atoms with Gasteiger partial charge in [0, 0.05) is 35.7 Å². The fraction of sp³-hybridized carbons (Fsp3) is 0.286. The molecule has 0 saturated heterocycles. The van der Waals surface area contributed by atoms with Gasteiger partial charge < -0.3 is 4.74 Å². The second kappa shape index (κ2) is 7.63. The summed E-state index contributed by atoms with van der Waals surface area (Å²) in [4.78, 5) is 28.8. The van der Waals surface area contributed by atoms with Crippen molar-refractivity contribution in [1.82, 2.24) is 0 Å². The van der Waals surface area contributed by atoms with Gasteiger partial charge in [-0.25, -0.2) is 0 Å². The van der Waals surface area contributed by atoms with Crippen LogP contribution in [0.25, 0.3) is 10.8 Å². The van der Waals surface area contributed by atoms with E-state index < -0.39 is 0 Å². The Bertz CT molecular complexity index is 1270. The van der Waals surface area contributed by atoms with E-state index in [0.29, 0.717) is 12.8 Å². The van der Waals surface area contributed by atoms with E-state index in [1.807, 2.05) is 48.5 Å². The van der Waals surface area contributed by atoms with E-state index >= 15 is 0 Å². The molecule has 1 atom stereocenters. The van der Waals surface area contributed by atoms with E-state index in [2.05, 4.69) is 32.0 Å². The van der Waals surface area contributed by atoms with Gasteiger partial charge in [0.2, 0.25) is 5.91 Å². The molecule has 0 spiro atoms. The number of hydrogen-bond donors (Lipinski definition) is 0. The number of fused-ring (bicyclic) bond motifs is 1. The van der Waals surface area contributed by atoms with E-state index in [1.54, 1.807) is 12.0 Å². The first-order valence-corrected chi connectivity index (χ1v) is 11.1. The third kappa shape index (κ3) is 3.50. The number of hydrogen-bond acceptors (Lipinski definition) is 3. The topological polar surface area (TPSA) is 46.6 Å². The second-order valence-electron chi connectivity index (χ2n) is 9.60. The standard InChI is InChI=1S/C28H27NO3/c1-28(2)16-24-27(25(30)17-28)23(20-9-6-10-22(14-20)32-3)15-26(31)29(24)21-12-11-18-7-4-5-8-19(18)13-21/h4-14,23H,15-17H2,1-3H3. The number of allylic oxidation sites excluding steroid dienone is 2. The third-order valence-electron chi connectivity index (χ3n) is 6.63. The number of amides is 1. The maximum Gasteiger partial charge on any atom is 0.232 e. The predicted molar refractivity (Wildman–Crippen MR) is 127 cm³/mol. The molecule has 4 heteroatoms. The molecule has 2 aliphatic rings. The Morgan fingerprint density at radius 1 is 0.906 bits per heavy atom. The van der Waals surface area contributed by atoms with Crippen molar-refractivity contribution in [3.05, 3.63) is 83.6 Å². The summed E-state index contributed by atoms with van der Waals surface area (Å²) in [7, 11) is 1.63. The Labute approximate surface area is 188 Å². The summed E-state index contributed by atoms with van der Waals surface area (Å²) < 4.78 is 5.40. The van der Waals surface area contributed by atoms with Crippen LogP contribution < -0.4 is 9.64 Å². The lowest BCUT2D eigenvalue weighted by atomic mass is 9.69. The van der Waals surface area contributed by atoms with E-state index in [1.165, 1.54) is 0 Å². The van der Waals surface area contributed by atoms with E-state index in [9.17, 15) is 9.59 Å². The van der Waals surface area contributed by atoms with Gasteiger partial charge in [-0.3, -0.25) is 14.5 Å². The van der Waals surface area contributed by atoms with Crippen LogP contribution in [-0.4, -0.2) is 18.8 Å². The van der Waals surface area contributed by atoms with Crippen molar-refractivity contribution in [2.45, 2.75) is 39.0 Å². The van der Waals surface area contributed by atoms with Crippen LogP contribution in [-0.2, 0) is 9.59 Å². The smallest absolute Gasteiger partial charge is 0.232 e. The van der Waals surface area contributed by atoms with Crippen LogP contribution in [0.5, 0.6) is 5.75 Å². The van der Waals surface area contributed by atoms with Crippen molar-refractivity contribution in [2.24, 2.45) is 5.41 Å². The quantitative estimate of drug-likeness (QED) is 0.516. The molecule has 162 valence electrons. The number of methoxy groups -OCH3 is 1. The van der Waals surface area contributed by atoms with Crippen LogP contribution in [0.1, 0.15) is 44.6 Å². The molecule has 1 unspecified atom stereocenters. The Balaban J connectivity index is 1.68. The van der Waals surface area contributed by atoms with Gasteiger partial charge in [0.1, 0.15) is 5.75 Å². The third-order valence-corrected chi connectivity index (χ3v) is 6.63. The summed E-state index contributed by atoms with van der Waals surface area (Å²) in [6.07, 6.45) is 1.45. The summed E-state index contributed by atoms with van der Waals surface area (Å²) in [5, 5.41) is 2.21. The fourth-order valence-corrected chi connectivity index (χ4v) is 5.17. The molecule has 3 aromatic carbocycles. The number of benzene rings is 3. The molecule has 1 amide bonds. The lowest BCUT2D eigenvalue weighted by molar-refractivity contribution is -0.121. The van der Waals surface area contributed by atoms with Gasteiger partial charge in [0.25, 0.3) is 0 Å². The lowest BCUT2D eigenvalue weighted by Gasteiger charge is -2.43. The highest BCUT2D eigenvalue weighted by molar-refractivity contribution is 6.08. The van der Waals surface area contributed by atoms with Crippen LogP contribution in [0, 0.1) is 5.41 Å². The van der Waals surface area contributed by atoms with Gasteiger partial charge in [-0.05, 0) is 52.4 Å². The summed E-state index contributed by atoms with van der Waals surface area (Å²) in [5.74, 6) is 0.658. The Kier molecular flexibility index (Phi) is 4.89. The Morgan fingerprint density at radius 2 is 1.69 bits per heavy atom. The zero-order valence-electron chi connectivity index (χ0n) is 18.7. The number of ether oxygens (including phenoxy) is 1. The van der Waals surface area contributed by atoms with Crippen molar-refractivity contribution in [3.63, 3.8) is 0 Å². The average molecular weight is 426 g/mol. The minimum absolute atomic E-state index is 0.0253. The lowest BCUT2D eigenvalue weighted by Crippen LogP contribution is -2.43. The molecular weight excluding hydrogens is 398 g/mol. The van der Waals surface area contributed by atoms with Crippen LogP contribution in [0.3, 0.4) is 0 Å². The molecule has 0 saturated carbocycles. The molecule has 1 heterocycles. The number of ketones is 1. The van der Waals surface area contributed by atoms with Crippen molar-refractivity contribution >= 4 is 28.2 Å². The first-order chi connectivity index (χ1) is 15.4. The van der Waals surface area contributed by atoms with Gasteiger partial charge in [-0.2, -0.15) is 0 Å². The number of Topliss-reactive ketones (excluding diaryl/α,β-unsaturated/α-hetero) is 1. The first kappa shape index (κ1) is 20.5. The summed E-state index contributed by atoms with van der Waals surface area (Å²) in [6.45, 7) is 4.21. The van der Waals surface area contributed by atoms with Gasteiger partial charge in [-0.15, -0.1) is 0 Å². The molecule has 0 aromatic heterocycles. The van der Waals surface area contributed by atoms with Crippen LogP contribution in [0.2, 0.25) is 0 Å². The Morgan fingerprint density at radius 3 is 2.47 bits per heavy atom. The molecule has 0 radical (unpaired) electrons. The highest BCUT2D eigenvalue weighted by Crippen LogP contribution is 2.48. The number of anilines is 1. The molecule has 32 heavy (non-hydrogen) atoms. The SMILES string of the molecule is COc1cccc(C2CC(=O)N(c3ccc4ccccc4c3)C3=C2C(=O)CC(C)(C)C3)c1. The molecule has 1 aliphatic carbocycles. The number of rotatable bonds is 3. The number of carbonyl (C=O) groups excluding carboxylic acids is 2. The molecule has 0 fully saturated rings. The fourth-order valence-electron chi connectivity index (χ4n) is 5.17. The highest BCUT2D eigenvalue weighted by atomic mass is 16.5. The van der Waals surface area contributed by atoms with Crippen molar-refractivity contribution in [1.29, 1.82) is 0 Å². The zero-order chi connectivity index (χ0) is 22.5. The monoisotopic (exact) mass is 425 g/mol. The van der Waals surface area contributed by atoms with Gasteiger partial charge in [0.15, 0.2) is 5.78 Å². The predicted octanol–water partition coefficient (Wildman–Crippen LogP) is 6.01. The van der Waals surface area contributed by atoms with E-state index in [0.717, 1.165) is 39.0 Å². The normalized spacial score (nSPS) is 20.5. The molecule has 4 nitrogen and oxygen atoms in total. The van der Waals surface area contributed by atoms with Gasteiger partial charge >= 0.3 is 0 Å².